The van der Waals surface area contributed by atoms with Crippen molar-refractivity contribution in [1.82, 2.24) is 4.90 Å². The summed E-state index contributed by atoms with van der Waals surface area (Å²) in [7, 11) is 0. The number of ether oxygens (including phenoxy) is 1. The van der Waals surface area contributed by atoms with Crippen LogP contribution < -0.4 is 0 Å². The Morgan fingerprint density at radius 1 is 1.56 bits per heavy atom. The maximum Gasteiger partial charge on any atom is 0.208 e. The molecule has 100 valence electrons. The lowest BCUT2D eigenvalue weighted by Gasteiger charge is -2.45. The molecule has 2 atom stereocenters. The van der Waals surface area contributed by atoms with Gasteiger partial charge in [-0.05, 0) is 19.1 Å². The maximum absolute atomic E-state index is 10.7. The van der Waals surface area contributed by atoms with Crippen LogP contribution in [0.1, 0.15) is 12.5 Å². The third-order valence-electron chi connectivity index (χ3n) is 3.44. The van der Waals surface area contributed by atoms with E-state index in [1.807, 2.05) is 11.8 Å². The van der Waals surface area contributed by atoms with E-state index >= 15 is 0 Å². The van der Waals surface area contributed by atoms with E-state index in [0.29, 0.717) is 30.3 Å². The molecule has 1 aliphatic heterocycles. The van der Waals surface area contributed by atoms with Crippen molar-refractivity contribution in [1.29, 1.82) is 0 Å². The zero-order valence-corrected chi connectivity index (χ0v) is 11.1. The van der Waals surface area contributed by atoms with Gasteiger partial charge in [-0.1, -0.05) is 23.7 Å². The first-order valence-corrected chi connectivity index (χ1v) is 6.43. The van der Waals surface area contributed by atoms with Gasteiger partial charge >= 0.3 is 0 Å². The Hall–Kier alpha value is -0.650. The topological polar surface area (TPSA) is 52.9 Å². The van der Waals surface area contributed by atoms with Crippen molar-refractivity contribution >= 4 is 11.6 Å². The summed E-state index contributed by atoms with van der Waals surface area (Å²) >= 11 is 5.95. The molecule has 1 fully saturated rings. The third kappa shape index (κ3) is 2.53. The first kappa shape index (κ1) is 13.8. The number of nitrogens with zero attached hydrogens (tertiary/aromatic N) is 1. The van der Waals surface area contributed by atoms with Crippen LogP contribution in [0.4, 0.5) is 0 Å². The molecule has 0 aliphatic carbocycles. The van der Waals surface area contributed by atoms with Crippen molar-refractivity contribution in [3.05, 3.63) is 34.9 Å². The number of aliphatic hydroxyl groups is 2. The number of hydrogen-bond donors (Lipinski definition) is 2. The fourth-order valence-electron chi connectivity index (χ4n) is 2.35. The largest absolute Gasteiger partial charge is 0.395 e. The van der Waals surface area contributed by atoms with Crippen molar-refractivity contribution in [3.8, 4) is 0 Å². The van der Waals surface area contributed by atoms with Gasteiger partial charge in [-0.15, -0.1) is 0 Å². The molecular formula is C13H18ClNO3. The molecule has 2 rings (SSSR count). The van der Waals surface area contributed by atoms with Crippen LogP contribution in [0.2, 0.25) is 5.02 Å². The normalized spacial score (nSPS) is 29.4. The van der Waals surface area contributed by atoms with Crippen molar-refractivity contribution in [2.45, 2.75) is 18.8 Å². The average molecular weight is 272 g/mol. The fraction of sp³-hybridized carbons (Fsp3) is 0.538. The van der Waals surface area contributed by atoms with E-state index in [1.54, 1.807) is 24.3 Å². The lowest BCUT2D eigenvalue weighted by atomic mass is 9.96. The SMILES string of the molecule is CC1N(CCO)CCOC1(O)c1cccc(Cl)c1. The molecule has 0 aromatic heterocycles. The summed E-state index contributed by atoms with van der Waals surface area (Å²) in [6, 6.07) is 6.81. The summed E-state index contributed by atoms with van der Waals surface area (Å²) in [6.07, 6.45) is 0. The molecule has 1 aromatic carbocycles. The van der Waals surface area contributed by atoms with Crippen LogP contribution in [0.15, 0.2) is 24.3 Å². The third-order valence-corrected chi connectivity index (χ3v) is 3.68. The molecule has 4 nitrogen and oxygen atoms in total. The number of halogens is 1. The predicted molar refractivity (Wildman–Crippen MR) is 69.4 cm³/mol. The number of benzene rings is 1. The van der Waals surface area contributed by atoms with Crippen LogP contribution >= 0.6 is 11.6 Å². The van der Waals surface area contributed by atoms with Crippen LogP contribution in [0.5, 0.6) is 0 Å². The molecular weight excluding hydrogens is 254 g/mol. The van der Waals surface area contributed by atoms with Gasteiger partial charge in [0.1, 0.15) is 0 Å². The Labute approximate surface area is 112 Å². The Balaban J connectivity index is 2.28. The minimum absolute atomic E-state index is 0.0654. The maximum atomic E-state index is 10.7. The van der Waals surface area contributed by atoms with Crippen LogP contribution in [0, 0.1) is 0 Å². The molecule has 1 heterocycles. The molecule has 0 amide bonds. The van der Waals surface area contributed by atoms with E-state index in [-0.39, 0.29) is 12.6 Å². The van der Waals surface area contributed by atoms with Crippen molar-refractivity contribution in [2.75, 3.05) is 26.3 Å². The van der Waals surface area contributed by atoms with Crippen LogP contribution in [-0.4, -0.2) is 47.5 Å². The lowest BCUT2D eigenvalue weighted by molar-refractivity contribution is -0.275. The van der Waals surface area contributed by atoms with Gasteiger partial charge in [-0.2, -0.15) is 0 Å². The van der Waals surface area contributed by atoms with E-state index in [9.17, 15) is 5.11 Å². The quantitative estimate of drug-likeness (QED) is 0.867. The number of rotatable bonds is 3. The van der Waals surface area contributed by atoms with E-state index < -0.39 is 5.79 Å². The lowest BCUT2D eigenvalue weighted by Crippen LogP contribution is -2.57. The van der Waals surface area contributed by atoms with E-state index in [0.717, 1.165) is 0 Å². The second-order valence-corrected chi connectivity index (χ2v) is 4.93. The molecule has 0 saturated carbocycles. The summed E-state index contributed by atoms with van der Waals surface area (Å²) in [6.45, 7) is 3.59. The minimum Gasteiger partial charge on any atom is -0.395 e. The predicted octanol–water partition coefficient (Wildman–Crippen LogP) is 1.20. The smallest absolute Gasteiger partial charge is 0.208 e. The first-order chi connectivity index (χ1) is 8.58. The van der Waals surface area contributed by atoms with Gasteiger partial charge in [0.2, 0.25) is 5.79 Å². The van der Waals surface area contributed by atoms with Gasteiger partial charge in [0.05, 0.1) is 19.3 Å². The molecule has 1 saturated heterocycles. The van der Waals surface area contributed by atoms with E-state index in [4.69, 9.17) is 21.4 Å². The number of hydrogen-bond acceptors (Lipinski definition) is 4. The zero-order valence-electron chi connectivity index (χ0n) is 10.3. The van der Waals surface area contributed by atoms with Gasteiger partial charge in [0.25, 0.3) is 0 Å². The highest BCUT2D eigenvalue weighted by molar-refractivity contribution is 6.30. The highest BCUT2D eigenvalue weighted by atomic mass is 35.5. The molecule has 0 spiro atoms. The highest BCUT2D eigenvalue weighted by Gasteiger charge is 2.43. The summed E-state index contributed by atoms with van der Waals surface area (Å²) in [5.41, 5.74) is 0.644. The zero-order chi connectivity index (χ0) is 13.2. The van der Waals surface area contributed by atoms with E-state index in [2.05, 4.69) is 0 Å². The molecule has 0 radical (unpaired) electrons. The molecule has 1 aromatic rings. The van der Waals surface area contributed by atoms with Gasteiger partial charge < -0.3 is 14.9 Å². The molecule has 5 heteroatoms. The van der Waals surface area contributed by atoms with Gasteiger partial charge in [-0.3, -0.25) is 4.90 Å². The van der Waals surface area contributed by atoms with Crippen molar-refractivity contribution in [3.63, 3.8) is 0 Å². The van der Waals surface area contributed by atoms with Crippen LogP contribution in [0.25, 0.3) is 0 Å². The molecule has 1 aliphatic rings. The minimum atomic E-state index is -1.38. The summed E-state index contributed by atoms with van der Waals surface area (Å²) in [5.74, 6) is -1.38. The Morgan fingerprint density at radius 2 is 2.33 bits per heavy atom. The van der Waals surface area contributed by atoms with Gasteiger partial charge in [-0.25, -0.2) is 0 Å². The van der Waals surface area contributed by atoms with E-state index in [1.165, 1.54) is 0 Å². The number of β-amino-alcohol motifs (C(OH)–C–C–N with tert-alkyl or cyclic N) is 1. The standard InChI is InChI=1S/C13H18ClNO3/c1-10-13(17,11-3-2-4-12(14)9-11)18-8-6-15(10)5-7-16/h2-4,9-10,16-17H,5-8H2,1H3. The van der Waals surface area contributed by atoms with Crippen molar-refractivity contribution < 1.29 is 14.9 Å². The summed E-state index contributed by atoms with van der Waals surface area (Å²) < 4.78 is 5.57. The Morgan fingerprint density at radius 3 is 3.00 bits per heavy atom. The average Bonchev–Trinajstić information content (AvgIpc) is 2.35. The first-order valence-electron chi connectivity index (χ1n) is 6.05. The van der Waals surface area contributed by atoms with Crippen LogP contribution in [-0.2, 0) is 10.5 Å². The second-order valence-electron chi connectivity index (χ2n) is 4.49. The Kier molecular flexibility index (Phi) is 4.25. The Bertz CT molecular complexity index is 413. The van der Waals surface area contributed by atoms with Gasteiger partial charge in [0.15, 0.2) is 0 Å². The second kappa shape index (κ2) is 5.55. The van der Waals surface area contributed by atoms with Crippen molar-refractivity contribution in [2.24, 2.45) is 0 Å². The molecule has 18 heavy (non-hydrogen) atoms. The number of morpholine rings is 1. The van der Waals surface area contributed by atoms with Gasteiger partial charge in [0, 0.05) is 23.7 Å². The monoisotopic (exact) mass is 271 g/mol. The fourth-order valence-corrected chi connectivity index (χ4v) is 2.54. The highest BCUT2D eigenvalue weighted by Crippen LogP contribution is 2.33. The molecule has 2 unspecified atom stereocenters. The number of aliphatic hydroxyl groups excluding tert-OH is 1. The molecule has 2 N–H and O–H groups in total. The summed E-state index contributed by atoms with van der Waals surface area (Å²) in [4.78, 5) is 2.00. The molecule has 0 bridgehead atoms. The van der Waals surface area contributed by atoms with Crippen LogP contribution in [0.3, 0.4) is 0 Å². The summed E-state index contributed by atoms with van der Waals surface area (Å²) in [5, 5.41) is 20.3.